The standard InChI is InChI=1S/C7H3Cl2N3O/c8-4-1-10-2-5(9)6(4)7-11-3-13-12-7/h1-3H. The summed E-state index contributed by atoms with van der Waals surface area (Å²) in [6, 6.07) is 0. The fraction of sp³-hybridized carbons (Fsp3) is 0. The second-order valence-electron chi connectivity index (χ2n) is 2.23. The van der Waals surface area contributed by atoms with Crippen molar-refractivity contribution in [3.05, 3.63) is 28.8 Å². The summed E-state index contributed by atoms with van der Waals surface area (Å²) < 4.78 is 4.58. The third-order valence-corrected chi connectivity index (χ3v) is 2.01. The summed E-state index contributed by atoms with van der Waals surface area (Å²) >= 11 is 11.7. The smallest absolute Gasteiger partial charge is 0.214 e. The zero-order chi connectivity index (χ0) is 9.26. The quantitative estimate of drug-likeness (QED) is 0.734. The van der Waals surface area contributed by atoms with E-state index in [-0.39, 0.29) is 0 Å². The SMILES string of the molecule is Clc1cncc(Cl)c1-c1ncon1. The van der Waals surface area contributed by atoms with Crippen LogP contribution in [0.25, 0.3) is 11.4 Å². The van der Waals surface area contributed by atoms with Crippen LogP contribution in [0.4, 0.5) is 0 Å². The minimum atomic E-state index is 0.359. The van der Waals surface area contributed by atoms with Crippen molar-refractivity contribution in [3.8, 4) is 11.4 Å². The minimum absolute atomic E-state index is 0.359. The van der Waals surface area contributed by atoms with E-state index >= 15 is 0 Å². The number of pyridine rings is 1. The van der Waals surface area contributed by atoms with Gasteiger partial charge in [-0.25, -0.2) is 0 Å². The van der Waals surface area contributed by atoms with Gasteiger partial charge in [-0.05, 0) is 0 Å². The van der Waals surface area contributed by atoms with E-state index in [0.29, 0.717) is 21.4 Å². The molecule has 2 rings (SSSR count). The molecule has 4 nitrogen and oxygen atoms in total. The van der Waals surface area contributed by atoms with Crippen molar-refractivity contribution >= 4 is 23.2 Å². The fourth-order valence-electron chi connectivity index (χ4n) is 0.906. The van der Waals surface area contributed by atoms with Crippen LogP contribution in [0.3, 0.4) is 0 Å². The lowest BCUT2D eigenvalue weighted by atomic mass is 10.2. The molecular weight excluding hydrogens is 213 g/mol. The Morgan fingerprint density at radius 3 is 2.38 bits per heavy atom. The van der Waals surface area contributed by atoms with E-state index in [4.69, 9.17) is 23.2 Å². The van der Waals surface area contributed by atoms with Crippen molar-refractivity contribution in [3.63, 3.8) is 0 Å². The van der Waals surface area contributed by atoms with Gasteiger partial charge in [0.2, 0.25) is 12.2 Å². The molecule has 0 N–H and O–H groups in total. The average molecular weight is 216 g/mol. The molecule has 0 aliphatic rings. The summed E-state index contributed by atoms with van der Waals surface area (Å²) in [5, 5.41) is 4.42. The van der Waals surface area contributed by atoms with Gasteiger partial charge in [0.05, 0.1) is 15.6 Å². The summed E-state index contributed by atoms with van der Waals surface area (Å²) in [6.07, 6.45) is 4.15. The molecule has 66 valence electrons. The molecule has 2 aromatic rings. The molecule has 0 aliphatic carbocycles. The molecule has 13 heavy (non-hydrogen) atoms. The number of aromatic nitrogens is 3. The van der Waals surface area contributed by atoms with Gasteiger partial charge >= 0.3 is 0 Å². The maximum atomic E-state index is 5.85. The van der Waals surface area contributed by atoms with Gasteiger partial charge in [-0.3, -0.25) is 4.98 Å². The van der Waals surface area contributed by atoms with E-state index in [1.54, 1.807) is 0 Å². The number of nitrogens with zero attached hydrogens (tertiary/aromatic N) is 3. The monoisotopic (exact) mass is 215 g/mol. The minimum Gasteiger partial charge on any atom is -0.342 e. The van der Waals surface area contributed by atoms with Gasteiger partial charge in [0.1, 0.15) is 0 Å². The van der Waals surface area contributed by atoms with E-state index in [0.717, 1.165) is 0 Å². The summed E-state index contributed by atoms with van der Waals surface area (Å²) in [7, 11) is 0. The molecule has 0 radical (unpaired) electrons. The lowest BCUT2D eigenvalue weighted by Gasteiger charge is -1.99. The third-order valence-electron chi connectivity index (χ3n) is 1.44. The Morgan fingerprint density at radius 2 is 1.85 bits per heavy atom. The molecule has 0 atom stereocenters. The van der Waals surface area contributed by atoms with Crippen molar-refractivity contribution in [2.24, 2.45) is 0 Å². The van der Waals surface area contributed by atoms with E-state index in [1.807, 2.05) is 0 Å². The summed E-state index contributed by atoms with van der Waals surface area (Å²) in [5.74, 6) is 0.359. The number of hydrogen-bond acceptors (Lipinski definition) is 4. The Bertz CT molecular complexity index is 395. The van der Waals surface area contributed by atoms with Crippen LogP contribution in [0.1, 0.15) is 0 Å². The number of hydrogen-bond donors (Lipinski definition) is 0. The molecule has 0 amide bonds. The first-order valence-electron chi connectivity index (χ1n) is 3.35. The lowest BCUT2D eigenvalue weighted by molar-refractivity contribution is 0.419. The van der Waals surface area contributed by atoms with Crippen LogP contribution in [-0.4, -0.2) is 15.1 Å². The first kappa shape index (κ1) is 8.47. The van der Waals surface area contributed by atoms with Gasteiger partial charge in [0, 0.05) is 12.4 Å². The molecular formula is C7H3Cl2N3O. The summed E-state index contributed by atoms with van der Waals surface area (Å²) in [5.41, 5.74) is 0.534. The van der Waals surface area contributed by atoms with Crippen molar-refractivity contribution in [1.82, 2.24) is 15.1 Å². The average Bonchev–Trinajstić information content (AvgIpc) is 2.57. The van der Waals surface area contributed by atoms with Crippen LogP contribution < -0.4 is 0 Å². The van der Waals surface area contributed by atoms with E-state index < -0.39 is 0 Å². The Balaban J connectivity index is 2.64. The van der Waals surface area contributed by atoms with Gasteiger partial charge in [0.15, 0.2) is 0 Å². The first-order chi connectivity index (χ1) is 6.29. The van der Waals surface area contributed by atoms with Crippen LogP contribution in [0, 0.1) is 0 Å². The second kappa shape index (κ2) is 3.32. The normalized spacial score (nSPS) is 10.3. The number of rotatable bonds is 1. The molecule has 0 saturated carbocycles. The largest absolute Gasteiger partial charge is 0.342 e. The van der Waals surface area contributed by atoms with E-state index in [9.17, 15) is 0 Å². The van der Waals surface area contributed by atoms with Gasteiger partial charge in [0.25, 0.3) is 0 Å². The van der Waals surface area contributed by atoms with Crippen LogP contribution in [0.2, 0.25) is 10.0 Å². The fourth-order valence-corrected chi connectivity index (χ4v) is 1.44. The Labute approximate surface area is 83.5 Å². The predicted molar refractivity (Wildman–Crippen MR) is 47.5 cm³/mol. The van der Waals surface area contributed by atoms with Gasteiger partial charge in [-0.1, -0.05) is 28.4 Å². The van der Waals surface area contributed by atoms with Crippen molar-refractivity contribution in [2.75, 3.05) is 0 Å². The molecule has 6 heteroatoms. The maximum Gasteiger partial charge on any atom is 0.214 e. The van der Waals surface area contributed by atoms with Crippen molar-refractivity contribution < 1.29 is 4.52 Å². The number of halogens is 2. The topological polar surface area (TPSA) is 51.8 Å². The van der Waals surface area contributed by atoms with Crippen molar-refractivity contribution in [2.45, 2.75) is 0 Å². The Hall–Kier alpha value is -1.13. The third kappa shape index (κ3) is 1.50. The molecule has 0 bridgehead atoms. The highest BCUT2D eigenvalue weighted by atomic mass is 35.5. The van der Waals surface area contributed by atoms with Crippen molar-refractivity contribution in [1.29, 1.82) is 0 Å². The molecule has 0 spiro atoms. The Kier molecular flexibility index (Phi) is 2.16. The lowest BCUT2D eigenvalue weighted by Crippen LogP contribution is -1.85. The highest BCUT2D eigenvalue weighted by Gasteiger charge is 2.12. The second-order valence-corrected chi connectivity index (χ2v) is 3.05. The highest BCUT2D eigenvalue weighted by molar-refractivity contribution is 6.38. The zero-order valence-electron chi connectivity index (χ0n) is 6.24. The van der Waals surface area contributed by atoms with Gasteiger partial charge < -0.3 is 4.52 Å². The van der Waals surface area contributed by atoms with Crippen LogP contribution in [0.15, 0.2) is 23.3 Å². The maximum absolute atomic E-state index is 5.85. The molecule has 0 fully saturated rings. The van der Waals surface area contributed by atoms with E-state index in [2.05, 4.69) is 19.6 Å². The molecule has 2 aromatic heterocycles. The van der Waals surface area contributed by atoms with Crippen LogP contribution in [0.5, 0.6) is 0 Å². The zero-order valence-corrected chi connectivity index (χ0v) is 7.75. The van der Waals surface area contributed by atoms with Gasteiger partial charge in [-0.15, -0.1) is 0 Å². The van der Waals surface area contributed by atoms with Gasteiger partial charge in [-0.2, -0.15) is 4.98 Å². The molecule has 0 saturated heterocycles. The van der Waals surface area contributed by atoms with Crippen LogP contribution in [-0.2, 0) is 0 Å². The molecule has 0 aliphatic heterocycles. The predicted octanol–water partition coefficient (Wildman–Crippen LogP) is 2.44. The molecule has 0 aromatic carbocycles. The first-order valence-corrected chi connectivity index (χ1v) is 4.10. The van der Waals surface area contributed by atoms with E-state index in [1.165, 1.54) is 18.8 Å². The molecule has 2 heterocycles. The highest BCUT2D eigenvalue weighted by Crippen LogP contribution is 2.30. The Morgan fingerprint density at radius 1 is 1.15 bits per heavy atom. The summed E-state index contributed by atoms with van der Waals surface area (Å²) in [6.45, 7) is 0. The summed E-state index contributed by atoms with van der Waals surface area (Å²) in [4.78, 5) is 7.64. The molecule has 0 unspecified atom stereocenters. The van der Waals surface area contributed by atoms with Crippen LogP contribution >= 0.6 is 23.2 Å².